The molecular formula is C19H21NO4. The van der Waals surface area contributed by atoms with E-state index < -0.39 is 12.0 Å². The second-order valence-corrected chi connectivity index (χ2v) is 5.43. The predicted molar refractivity (Wildman–Crippen MR) is 90.8 cm³/mol. The van der Waals surface area contributed by atoms with Crippen molar-refractivity contribution in [2.24, 2.45) is 0 Å². The molecule has 5 nitrogen and oxygen atoms in total. The Hall–Kier alpha value is -2.82. The van der Waals surface area contributed by atoms with Crippen LogP contribution in [0.25, 0.3) is 0 Å². The van der Waals surface area contributed by atoms with Crippen molar-refractivity contribution in [2.45, 2.75) is 32.4 Å². The highest BCUT2D eigenvalue weighted by Gasteiger charge is 2.19. The first-order valence-electron chi connectivity index (χ1n) is 7.86. The molecule has 0 bridgehead atoms. The average Bonchev–Trinajstić information content (AvgIpc) is 2.61. The molecule has 0 aliphatic carbocycles. The van der Waals surface area contributed by atoms with Gasteiger partial charge < -0.3 is 15.2 Å². The number of benzene rings is 2. The van der Waals surface area contributed by atoms with Crippen LogP contribution in [0.1, 0.15) is 24.5 Å². The van der Waals surface area contributed by atoms with Crippen LogP contribution >= 0.6 is 0 Å². The Morgan fingerprint density at radius 3 is 2.29 bits per heavy atom. The summed E-state index contributed by atoms with van der Waals surface area (Å²) >= 11 is 0. The summed E-state index contributed by atoms with van der Waals surface area (Å²) in [5.41, 5.74) is 1.90. The van der Waals surface area contributed by atoms with Crippen LogP contribution in [0.3, 0.4) is 0 Å². The summed E-state index contributed by atoms with van der Waals surface area (Å²) < 4.78 is 5.70. The number of ether oxygens (including phenoxy) is 1. The molecule has 5 heteroatoms. The highest BCUT2D eigenvalue weighted by molar-refractivity contribution is 5.83. The largest absolute Gasteiger partial charge is 0.489 e. The van der Waals surface area contributed by atoms with Gasteiger partial charge >= 0.3 is 5.97 Å². The number of carbonyl (C=O) groups is 2. The van der Waals surface area contributed by atoms with E-state index in [0.717, 1.165) is 11.1 Å². The Bertz CT molecular complexity index is 668. The molecule has 2 rings (SSSR count). The lowest BCUT2D eigenvalue weighted by Crippen LogP contribution is -2.42. The van der Waals surface area contributed by atoms with E-state index >= 15 is 0 Å². The maximum Gasteiger partial charge on any atom is 0.326 e. The molecule has 0 spiro atoms. The van der Waals surface area contributed by atoms with E-state index in [-0.39, 0.29) is 18.7 Å². The first kappa shape index (κ1) is 17.5. The van der Waals surface area contributed by atoms with E-state index in [0.29, 0.717) is 12.4 Å². The summed E-state index contributed by atoms with van der Waals surface area (Å²) in [7, 11) is 0. The third-order valence-electron chi connectivity index (χ3n) is 3.57. The van der Waals surface area contributed by atoms with Crippen molar-refractivity contribution in [3.63, 3.8) is 0 Å². The number of hydrogen-bond acceptors (Lipinski definition) is 3. The van der Waals surface area contributed by atoms with Crippen LogP contribution in [0.4, 0.5) is 0 Å². The maximum absolute atomic E-state index is 11.4. The van der Waals surface area contributed by atoms with Crippen molar-refractivity contribution in [3.8, 4) is 5.75 Å². The standard InChI is InChI=1S/C19H21NO4/c1-2-18(21)20-17(19(22)23)12-14-8-10-16(11-9-14)24-13-15-6-4-3-5-7-15/h3-11,17H,2,12-13H2,1H3,(H,20,21)(H,22,23)/t17-/m1/s1. The third-order valence-corrected chi connectivity index (χ3v) is 3.57. The molecule has 24 heavy (non-hydrogen) atoms. The first-order chi connectivity index (χ1) is 11.6. The minimum atomic E-state index is -1.04. The normalized spacial score (nSPS) is 11.5. The highest BCUT2D eigenvalue weighted by Crippen LogP contribution is 2.15. The molecule has 2 N–H and O–H groups in total. The third kappa shape index (κ3) is 5.43. The zero-order valence-corrected chi connectivity index (χ0v) is 13.6. The Balaban J connectivity index is 1.92. The lowest BCUT2D eigenvalue weighted by Gasteiger charge is -2.14. The van der Waals surface area contributed by atoms with Crippen molar-refractivity contribution >= 4 is 11.9 Å². The van der Waals surface area contributed by atoms with Crippen molar-refractivity contribution in [1.29, 1.82) is 0 Å². The van der Waals surface area contributed by atoms with E-state index in [9.17, 15) is 14.7 Å². The molecule has 0 unspecified atom stereocenters. The molecule has 0 aliphatic heterocycles. The van der Waals surface area contributed by atoms with Crippen LogP contribution in [0.2, 0.25) is 0 Å². The second kappa shape index (κ2) is 8.72. The zero-order chi connectivity index (χ0) is 17.4. The minimum Gasteiger partial charge on any atom is -0.489 e. The van der Waals surface area contributed by atoms with Crippen LogP contribution in [0.15, 0.2) is 54.6 Å². The van der Waals surface area contributed by atoms with Gasteiger partial charge in [-0.05, 0) is 23.3 Å². The number of amides is 1. The van der Waals surface area contributed by atoms with Crippen molar-refractivity contribution in [1.82, 2.24) is 5.32 Å². The number of carboxylic acid groups (broad SMARTS) is 1. The SMILES string of the molecule is CCC(=O)N[C@H](Cc1ccc(OCc2ccccc2)cc1)C(=O)O. The molecular weight excluding hydrogens is 306 g/mol. The number of carbonyl (C=O) groups excluding carboxylic acids is 1. The van der Waals surface area contributed by atoms with Crippen LogP contribution in [0, 0.1) is 0 Å². The van der Waals surface area contributed by atoms with E-state index in [4.69, 9.17) is 4.74 Å². The van der Waals surface area contributed by atoms with Gasteiger partial charge in [0.1, 0.15) is 18.4 Å². The van der Waals surface area contributed by atoms with Crippen molar-refractivity contribution in [2.75, 3.05) is 0 Å². The lowest BCUT2D eigenvalue weighted by atomic mass is 10.1. The molecule has 1 atom stereocenters. The number of carboxylic acids is 1. The number of nitrogens with one attached hydrogen (secondary N) is 1. The molecule has 0 fully saturated rings. The van der Waals surface area contributed by atoms with Crippen molar-refractivity contribution in [3.05, 3.63) is 65.7 Å². The van der Waals surface area contributed by atoms with Crippen LogP contribution in [-0.4, -0.2) is 23.0 Å². The lowest BCUT2D eigenvalue weighted by molar-refractivity contribution is -0.141. The fraction of sp³-hybridized carbons (Fsp3) is 0.263. The molecule has 0 radical (unpaired) electrons. The van der Waals surface area contributed by atoms with Gasteiger partial charge in [-0.15, -0.1) is 0 Å². The van der Waals surface area contributed by atoms with E-state index in [1.807, 2.05) is 42.5 Å². The molecule has 0 saturated heterocycles. The monoisotopic (exact) mass is 327 g/mol. The molecule has 0 saturated carbocycles. The van der Waals surface area contributed by atoms with Gasteiger partial charge in [0.15, 0.2) is 0 Å². The molecule has 1 amide bonds. The summed E-state index contributed by atoms with van der Waals surface area (Å²) in [6.45, 7) is 2.16. The molecule has 126 valence electrons. The van der Waals surface area contributed by atoms with E-state index in [2.05, 4.69) is 5.32 Å². The number of aliphatic carboxylic acids is 1. The zero-order valence-electron chi connectivity index (χ0n) is 13.6. The summed E-state index contributed by atoms with van der Waals surface area (Å²) in [5.74, 6) is -0.599. The van der Waals surface area contributed by atoms with Crippen LogP contribution < -0.4 is 10.1 Å². The van der Waals surface area contributed by atoms with Gasteiger partial charge in [-0.2, -0.15) is 0 Å². The Morgan fingerprint density at radius 1 is 1.04 bits per heavy atom. The van der Waals surface area contributed by atoms with E-state index in [1.54, 1.807) is 19.1 Å². The van der Waals surface area contributed by atoms with Gasteiger partial charge in [0.05, 0.1) is 0 Å². The topological polar surface area (TPSA) is 75.6 Å². The quantitative estimate of drug-likeness (QED) is 0.782. The van der Waals surface area contributed by atoms with Gasteiger partial charge in [-0.1, -0.05) is 49.4 Å². The highest BCUT2D eigenvalue weighted by atomic mass is 16.5. The molecule has 2 aromatic carbocycles. The number of hydrogen-bond donors (Lipinski definition) is 2. The summed E-state index contributed by atoms with van der Waals surface area (Å²) in [6, 6.07) is 16.2. The number of rotatable bonds is 8. The van der Waals surface area contributed by atoms with Crippen molar-refractivity contribution < 1.29 is 19.4 Å². The van der Waals surface area contributed by atoms with E-state index in [1.165, 1.54) is 0 Å². The van der Waals surface area contributed by atoms with Gasteiger partial charge in [-0.25, -0.2) is 4.79 Å². The predicted octanol–water partition coefficient (Wildman–Crippen LogP) is 2.79. The van der Waals surface area contributed by atoms with Crippen LogP contribution in [-0.2, 0) is 22.6 Å². The average molecular weight is 327 g/mol. The smallest absolute Gasteiger partial charge is 0.326 e. The summed E-state index contributed by atoms with van der Waals surface area (Å²) in [5, 5.41) is 11.7. The van der Waals surface area contributed by atoms with Gasteiger partial charge in [0.2, 0.25) is 5.91 Å². The van der Waals surface area contributed by atoms with Crippen LogP contribution in [0.5, 0.6) is 5.75 Å². The fourth-order valence-electron chi connectivity index (χ4n) is 2.19. The molecule has 0 heterocycles. The summed E-state index contributed by atoms with van der Waals surface area (Å²) in [4.78, 5) is 22.6. The first-order valence-corrected chi connectivity index (χ1v) is 7.86. The molecule has 2 aromatic rings. The second-order valence-electron chi connectivity index (χ2n) is 5.43. The van der Waals surface area contributed by atoms with Gasteiger partial charge in [0.25, 0.3) is 0 Å². The van der Waals surface area contributed by atoms with Gasteiger partial charge in [0, 0.05) is 12.8 Å². The Kier molecular flexibility index (Phi) is 6.37. The maximum atomic E-state index is 11.4. The molecule has 0 aromatic heterocycles. The Labute approximate surface area is 141 Å². The Morgan fingerprint density at radius 2 is 1.71 bits per heavy atom. The minimum absolute atomic E-state index is 0.236. The fourth-order valence-corrected chi connectivity index (χ4v) is 2.19. The van der Waals surface area contributed by atoms with Gasteiger partial charge in [-0.3, -0.25) is 4.79 Å². The molecule has 0 aliphatic rings. The summed E-state index contributed by atoms with van der Waals surface area (Å²) in [6.07, 6.45) is 0.496.